The zero-order valence-corrected chi connectivity index (χ0v) is 7.49. The smallest absolute Gasteiger partial charge is 0.409 e. The Morgan fingerprint density at radius 1 is 1.83 bits per heavy atom. The Labute approximate surface area is 72.1 Å². The largest absolute Gasteiger partial charge is 0.444 e. The van der Waals surface area contributed by atoms with E-state index in [9.17, 15) is 4.79 Å². The Morgan fingerprint density at radius 3 is 2.92 bits per heavy atom. The molecule has 12 heavy (non-hydrogen) atoms. The number of ether oxygens (including phenoxy) is 1. The van der Waals surface area contributed by atoms with Crippen molar-refractivity contribution in [3.63, 3.8) is 0 Å². The fourth-order valence-corrected chi connectivity index (χ4v) is 1.29. The number of aliphatic hydroxyl groups excluding tert-OH is 1. The summed E-state index contributed by atoms with van der Waals surface area (Å²) in [5, 5.41) is 8.67. The number of nitrogens with zero attached hydrogens (tertiary/aromatic N) is 1. The minimum atomic E-state index is -0.259. The quantitative estimate of drug-likeness (QED) is 0.674. The molecule has 1 saturated heterocycles. The molecule has 0 spiro atoms. The predicted molar refractivity (Wildman–Crippen MR) is 43.8 cm³/mol. The molecule has 1 aliphatic rings. The predicted octanol–water partition coefficient (Wildman–Crippen LogP) is 0.456. The van der Waals surface area contributed by atoms with E-state index >= 15 is 0 Å². The van der Waals surface area contributed by atoms with Crippen LogP contribution >= 0.6 is 0 Å². The number of cyclic esters (lactones) is 1. The van der Waals surface area contributed by atoms with Crippen molar-refractivity contribution in [3.05, 3.63) is 0 Å². The van der Waals surface area contributed by atoms with Crippen LogP contribution < -0.4 is 0 Å². The van der Waals surface area contributed by atoms with Crippen molar-refractivity contribution < 1.29 is 14.6 Å². The first-order chi connectivity index (χ1) is 5.65. The van der Waals surface area contributed by atoms with Crippen LogP contribution in [-0.2, 0) is 4.74 Å². The third-order valence-electron chi connectivity index (χ3n) is 2.24. The number of aliphatic hydroxyl groups is 1. The Bertz CT molecular complexity index is 172. The Kier molecular flexibility index (Phi) is 2.92. The highest BCUT2D eigenvalue weighted by molar-refractivity contribution is 5.69. The standard InChI is InChI=1S/C8H15NO3/c1-6(3-4-10)7-5-9(2)8(11)12-7/h6-7,10H,3-5H2,1-2H3. The topological polar surface area (TPSA) is 49.8 Å². The second-order valence-corrected chi connectivity index (χ2v) is 3.29. The molecule has 4 heteroatoms. The van der Waals surface area contributed by atoms with Crippen molar-refractivity contribution in [3.8, 4) is 0 Å². The minimum Gasteiger partial charge on any atom is -0.444 e. The first-order valence-electron chi connectivity index (χ1n) is 4.17. The minimum absolute atomic E-state index is 0.0466. The lowest BCUT2D eigenvalue weighted by atomic mass is 10.0. The van der Waals surface area contributed by atoms with Crippen LogP contribution in [0.2, 0.25) is 0 Å². The van der Waals surface area contributed by atoms with Crippen LogP contribution in [0.3, 0.4) is 0 Å². The number of likely N-dealkylation sites (N-methyl/N-ethyl adjacent to an activating group) is 1. The van der Waals surface area contributed by atoms with E-state index in [-0.39, 0.29) is 24.7 Å². The Balaban J connectivity index is 2.40. The van der Waals surface area contributed by atoms with Crippen LogP contribution in [0, 0.1) is 5.92 Å². The number of rotatable bonds is 3. The highest BCUT2D eigenvalue weighted by Gasteiger charge is 2.31. The van der Waals surface area contributed by atoms with Gasteiger partial charge in [-0.1, -0.05) is 6.92 Å². The van der Waals surface area contributed by atoms with E-state index < -0.39 is 0 Å². The summed E-state index contributed by atoms with van der Waals surface area (Å²) < 4.78 is 5.06. The molecule has 0 aromatic carbocycles. The molecule has 0 aliphatic carbocycles. The second kappa shape index (κ2) is 3.76. The third kappa shape index (κ3) is 1.88. The van der Waals surface area contributed by atoms with Gasteiger partial charge in [-0.25, -0.2) is 4.79 Å². The monoisotopic (exact) mass is 173 g/mol. The van der Waals surface area contributed by atoms with Crippen molar-refractivity contribution in [1.82, 2.24) is 4.90 Å². The molecule has 4 nitrogen and oxygen atoms in total. The molecule has 1 aliphatic heterocycles. The molecule has 0 aromatic heterocycles. The summed E-state index contributed by atoms with van der Waals surface area (Å²) in [4.78, 5) is 12.5. The van der Waals surface area contributed by atoms with Crippen LogP contribution in [0.15, 0.2) is 0 Å². The molecule has 1 rings (SSSR count). The number of amides is 1. The van der Waals surface area contributed by atoms with E-state index in [0.717, 1.165) is 0 Å². The van der Waals surface area contributed by atoms with Crippen molar-refractivity contribution in [2.75, 3.05) is 20.2 Å². The molecule has 0 bridgehead atoms. The highest BCUT2D eigenvalue weighted by Crippen LogP contribution is 2.18. The summed E-state index contributed by atoms with van der Waals surface area (Å²) in [5.74, 6) is 0.240. The van der Waals surface area contributed by atoms with Crippen molar-refractivity contribution in [2.24, 2.45) is 5.92 Å². The lowest BCUT2D eigenvalue weighted by Gasteiger charge is -2.15. The summed E-state index contributed by atoms with van der Waals surface area (Å²) in [7, 11) is 1.72. The zero-order chi connectivity index (χ0) is 9.14. The first-order valence-corrected chi connectivity index (χ1v) is 4.17. The van der Waals surface area contributed by atoms with E-state index in [1.165, 1.54) is 0 Å². The second-order valence-electron chi connectivity index (χ2n) is 3.29. The zero-order valence-electron chi connectivity index (χ0n) is 7.49. The molecule has 1 heterocycles. The van der Waals surface area contributed by atoms with Gasteiger partial charge in [-0.2, -0.15) is 0 Å². The van der Waals surface area contributed by atoms with Gasteiger partial charge in [0.2, 0.25) is 0 Å². The summed E-state index contributed by atoms with van der Waals surface area (Å²) >= 11 is 0. The molecular formula is C8H15NO3. The number of hydrogen-bond acceptors (Lipinski definition) is 3. The summed E-state index contributed by atoms with van der Waals surface area (Å²) in [6.45, 7) is 2.77. The van der Waals surface area contributed by atoms with Crippen LogP contribution in [0.25, 0.3) is 0 Å². The first kappa shape index (κ1) is 9.32. The Morgan fingerprint density at radius 2 is 2.50 bits per heavy atom. The summed E-state index contributed by atoms with van der Waals surface area (Å²) in [6.07, 6.45) is 0.380. The van der Waals surface area contributed by atoms with E-state index in [0.29, 0.717) is 13.0 Å². The van der Waals surface area contributed by atoms with Gasteiger partial charge in [-0.05, 0) is 12.3 Å². The SMILES string of the molecule is CC(CCO)C1CN(C)C(=O)O1. The normalized spacial score (nSPS) is 25.8. The molecule has 70 valence electrons. The molecule has 1 fully saturated rings. The van der Waals surface area contributed by atoms with E-state index in [1.54, 1.807) is 11.9 Å². The maximum Gasteiger partial charge on any atom is 0.409 e. The van der Waals surface area contributed by atoms with Gasteiger partial charge in [0.15, 0.2) is 0 Å². The van der Waals surface area contributed by atoms with Gasteiger partial charge in [-0.3, -0.25) is 0 Å². The van der Waals surface area contributed by atoms with Gasteiger partial charge < -0.3 is 14.7 Å². The average molecular weight is 173 g/mol. The van der Waals surface area contributed by atoms with Gasteiger partial charge >= 0.3 is 6.09 Å². The van der Waals surface area contributed by atoms with E-state index in [4.69, 9.17) is 9.84 Å². The van der Waals surface area contributed by atoms with Gasteiger partial charge in [0.25, 0.3) is 0 Å². The summed E-state index contributed by atoms with van der Waals surface area (Å²) in [5.41, 5.74) is 0. The molecule has 2 unspecified atom stereocenters. The van der Waals surface area contributed by atoms with Gasteiger partial charge in [0.05, 0.1) is 6.54 Å². The molecule has 2 atom stereocenters. The van der Waals surface area contributed by atoms with Crippen molar-refractivity contribution >= 4 is 6.09 Å². The van der Waals surface area contributed by atoms with Crippen molar-refractivity contribution in [1.29, 1.82) is 0 Å². The Hall–Kier alpha value is -0.770. The fraction of sp³-hybridized carbons (Fsp3) is 0.875. The third-order valence-corrected chi connectivity index (χ3v) is 2.24. The number of hydrogen-bond donors (Lipinski definition) is 1. The summed E-state index contributed by atoms with van der Waals surface area (Å²) in [6, 6.07) is 0. The molecule has 0 saturated carbocycles. The van der Waals surface area contributed by atoms with Gasteiger partial charge in [-0.15, -0.1) is 0 Å². The van der Waals surface area contributed by atoms with Crippen LogP contribution in [0.5, 0.6) is 0 Å². The van der Waals surface area contributed by atoms with Gasteiger partial charge in [0, 0.05) is 13.7 Å². The molecule has 1 N–H and O–H groups in total. The molecule has 0 radical (unpaired) electrons. The van der Waals surface area contributed by atoms with E-state index in [2.05, 4.69) is 0 Å². The van der Waals surface area contributed by atoms with Crippen LogP contribution in [-0.4, -0.2) is 42.4 Å². The lowest BCUT2D eigenvalue weighted by molar-refractivity contribution is 0.0973. The molecular weight excluding hydrogens is 158 g/mol. The molecule has 1 amide bonds. The maximum atomic E-state index is 10.9. The van der Waals surface area contributed by atoms with Crippen molar-refractivity contribution in [2.45, 2.75) is 19.4 Å². The van der Waals surface area contributed by atoms with Gasteiger partial charge in [0.1, 0.15) is 6.10 Å². The number of carbonyl (C=O) groups excluding carboxylic acids is 1. The number of carbonyl (C=O) groups is 1. The lowest BCUT2D eigenvalue weighted by Crippen LogP contribution is -2.24. The average Bonchev–Trinajstić information content (AvgIpc) is 2.33. The fourth-order valence-electron chi connectivity index (χ4n) is 1.29. The maximum absolute atomic E-state index is 10.9. The molecule has 0 aromatic rings. The van der Waals surface area contributed by atoms with Crippen LogP contribution in [0.4, 0.5) is 4.79 Å². The highest BCUT2D eigenvalue weighted by atomic mass is 16.6. The van der Waals surface area contributed by atoms with Crippen LogP contribution in [0.1, 0.15) is 13.3 Å². The van der Waals surface area contributed by atoms with E-state index in [1.807, 2.05) is 6.92 Å².